The smallest absolute Gasteiger partial charge is 0.238 e. The number of hydrogen-bond donors (Lipinski definition) is 2. The first-order chi connectivity index (χ1) is 10.9. The molecule has 0 aromatic heterocycles. The maximum absolute atomic E-state index is 11.3. The van der Waals surface area contributed by atoms with Gasteiger partial charge in [-0.05, 0) is 55.0 Å². The summed E-state index contributed by atoms with van der Waals surface area (Å²) < 4.78 is 22.7. The molecule has 0 heterocycles. The van der Waals surface area contributed by atoms with E-state index in [1.807, 2.05) is 12.1 Å². The number of aryl methyl sites for hydroxylation is 1. The van der Waals surface area contributed by atoms with Crippen molar-refractivity contribution in [2.75, 3.05) is 0 Å². The van der Waals surface area contributed by atoms with Crippen LogP contribution in [0.3, 0.4) is 0 Å². The van der Waals surface area contributed by atoms with Crippen molar-refractivity contribution >= 4 is 10.0 Å². The van der Waals surface area contributed by atoms with E-state index in [1.54, 1.807) is 12.1 Å². The zero-order valence-corrected chi connectivity index (χ0v) is 14.0. The number of sulfonamides is 1. The third kappa shape index (κ3) is 3.63. The minimum atomic E-state index is -3.63. The molecule has 2 aromatic carbocycles. The van der Waals surface area contributed by atoms with Crippen LogP contribution in [0.15, 0.2) is 53.4 Å². The van der Waals surface area contributed by atoms with E-state index in [2.05, 4.69) is 36.5 Å². The predicted octanol–water partition coefficient (Wildman–Crippen LogP) is 3.06. The molecule has 3 rings (SSSR count). The lowest BCUT2D eigenvalue weighted by molar-refractivity contribution is 0.415. The Kier molecular flexibility index (Phi) is 4.53. The average Bonchev–Trinajstić information content (AvgIpc) is 2.54. The molecule has 2 aromatic rings. The van der Waals surface area contributed by atoms with E-state index < -0.39 is 10.0 Å². The third-order valence-electron chi connectivity index (χ3n) is 4.53. The molecule has 4 nitrogen and oxygen atoms in total. The van der Waals surface area contributed by atoms with Crippen LogP contribution in [-0.4, -0.2) is 8.42 Å². The normalized spacial score (nSPS) is 19.1. The van der Waals surface area contributed by atoms with Crippen LogP contribution in [0.4, 0.5) is 0 Å². The molecule has 0 unspecified atom stereocenters. The Morgan fingerprint density at radius 2 is 1.83 bits per heavy atom. The summed E-state index contributed by atoms with van der Waals surface area (Å²) in [6.45, 7) is 2.10. The number of primary sulfonamides is 1. The second-order valence-electron chi connectivity index (χ2n) is 6.15. The van der Waals surface area contributed by atoms with Crippen molar-refractivity contribution in [2.24, 2.45) is 5.14 Å². The van der Waals surface area contributed by atoms with Gasteiger partial charge in [0.15, 0.2) is 0 Å². The van der Waals surface area contributed by atoms with Crippen LogP contribution in [0.5, 0.6) is 0 Å². The Balaban J connectivity index is 1.76. The second kappa shape index (κ2) is 6.43. The highest BCUT2D eigenvalue weighted by Crippen LogP contribution is 2.31. The Morgan fingerprint density at radius 3 is 2.52 bits per heavy atom. The quantitative estimate of drug-likeness (QED) is 0.905. The van der Waals surface area contributed by atoms with Crippen LogP contribution in [0.2, 0.25) is 0 Å². The molecule has 2 atom stereocenters. The Labute approximate surface area is 137 Å². The largest absolute Gasteiger partial charge is 0.303 e. The van der Waals surface area contributed by atoms with Gasteiger partial charge in [0.2, 0.25) is 10.0 Å². The van der Waals surface area contributed by atoms with Gasteiger partial charge in [-0.2, -0.15) is 0 Å². The fourth-order valence-corrected chi connectivity index (χ4v) is 3.79. The molecule has 0 bridgehead atoms. The van der Waals surface area contributed by atoms with Gasteiger partial charge in [0, 0.05) is 12.1 Å². The van der Waals surface area contributed by atoms with Crippen molar-refractivity contribution in [2.45, 2.75) is 43.2 Å². The van der Waals surface area contributed by atoms with Crippen molar-refractivity contribution in [3.05, 3.63) is 65.2 Å². The van der Waals surface area contributed by atoms with Crippen molar-refractivity contribution in [1.82, 2.24) is 5.32 Å². The molecule has 5 heteroatoms. The fraction of sp³-hybridized carbons (Fsp3) is 0.333. The van der Waals surface area contributed by atoms with Gasteiger partial charge in [-0.1, -0.05) is 36.4 Å². The molecule has 0 saturated carbocycles. The molecule has 1 aliphatic carbocycles. The summed E-state index contributed by atoms with van der Waals surface area (Å²) in [4.78, 5) is 0.150. The predicted molar refractivity (Wildman–Crippen MR) is 91.5 cm³/mol. The molecular weight excluding hydrogens is 308 g/mol. The van der Waals surface area contributed by atoms with E-state index in [4.69, 9.17) is 5.14 Å². The van der Waals surface area contributed by atoms with E-state index >= 15 is 0 Å². The molecule has 0 amide bonds. The fourth-order valence-electron chi connectivity index (χ4n) is 3.27. The first-order valence-corrected chi connectivity index (χ1v) is 9.46. The molecule has 0 radical (unpaired) electrons. The molecule has 0 aliphatic heterocycles. The summed E-state index contributed by atoms with van der Waals surface area (Å²) in [6.07, 6.45) is 3.45. The van der Waals surface area contributed by atoms with Gasteiger partial charge in [0.1, 0.15) is 0 Å². The summed E-state index contributed by atoms with van der Waals surface area (Å²) in [5, 5.41) is 8.81. The Hall–Kier alpha value is -1.69. The maximum Gasteiger partial charge on any atom is 0.238 e. The highest BCUT2D eigenvalue weighted by Gasteiger charge is 2.21. The first kappa shape index (κ1) is 16.2. The van der Waals surface area contributed by atoms with E-state index in [9.17, 15) is 8.42 Å². The Bertz CT molecular complexity index is 785. The van der Waals surface area contributed by atoms with Gasteiger partial charge < -0.3 is 5.32 Å². The highest BCUT2D eigenvalue weighted by atomic mass is 32.2. The molecule has 0 spiro atoms. The summed E-state index contributed by atoms with van der Waals surface area (Å²) in [5.74, 6) is 0. The Morgan fingerprint density at radius 1 is 1.13 bits per heavy atom. The number of nitrogens with two attached hydrogens (primary N) is 1. The molecule has 1 aliphatic rings. The average molecular weight is 330 g/mol. The number of rotatable bonds is 4. The van der Waals surface area contributed by atoms with E-state index in [-0.39, 0.29) is 10.9 Å². The maximum atomic E-state index is 11.3. The lowest BCUT2D eigenvalue weighted by atomic mass is 9.87. The summed E-state index contributed by atoms with van der Waals surface area (Å²) >= 11 is 0. The van der Waals surface area contributed by atoms with Gasteiger partial charge in [0.25, 0.3) is 0 Å². The van der Waals surface area contributed by atoms with Crippen molar-refractivity contribution in [1.29, 1.82) is 0 Å². The summed E-state index contributed by atoms with van der Waals surface area (Å²) in [5.41, 5.74) is 3.86. The number of fused-ring (bicyclic) bond motifs is 1. The molecule has 23 heavy (non-hydrogen) atoms. The van der Waals surface area contributed by atoms with Crippen LogP contribution >= 0.6 is 0 Å². The lowest BCUT2D eigenvalue weighted by Gasteiger charge is -2.29. The van der Waals surface area contributed by atoms with Crippen LogP contribution < -0.4 is 10.5 Å². The molecule has 0 saturated heterocycles. The van der Waals surface area contributed by atoms with Crippen molar-refractivity contribution < 1.29 is 8.42 Å². The summed E-state index contributed by atoms with van der Waals surface area (Å²) in [7, 11) is -3.63. The highest BCUT2D eigenvalue weighted by molar-refractivity contribution is 7.89. The van der Waals surface area contributed by atoms with Crippen LogP contribution in [0.25, 0.3) is 0 Å². The van der Waals surface area contributed by atoms with Crippen LogP contribution in [0.1, 0.15) is 48.5 Å². The number of benzene rings is 2. The second-order valence-corrected chi connectivity index (χ2v) is 7.71. The van der Waals surface area contributed by atoms with Gasteiger partial charge in [-0.15, -0.1) is 0 Å². The van der Waals surface area contributed by atoms with Gasteiger partial charge in [-0.25, -0.2) is 13.6 Å². The summed E-state index contributed by atoms with van der Waals surface area (Å²) in [6, 6.07) is 15.8. The molecule has 0 fully saturated rings. The lowest BCUT2D eigenvalue weighted by Crippen LogP contribution is -2.27. The third-order valence-corrected chi connectivity index (χ3v) is 5.46. The van der Waals surface area contributed by atoms with Crippen molar-refractivity contribution in [3.63, 3.8) is 0 Å². The molecule has 122 valence electrons. The van der Waals surface area contributed by atoms with E-state index in [0.717, 1.165) is 18.4 Å². The van der Waals surface area contributed by atoms with Crippen LogP contribution in [0, 0.1) is 0 Å². The monoisotopic (exact) mass is 330 g/mol. The van der Waals surface area contributed by atoms with Crippen molar-refractivity contribution in [3.8, 4) is 0 Å². The minimum Gasteiger partial charge on any atom is -0.303 e. The van der Waals surface area contributed by atoms with Gasteiger partial charge >= 0.3 is 0 Å². The minimum absolute atomic E-state index is 0.140. The SMILES string of the molecule is C[C@@H](N[C@@H]1CCCc2ccccc21)c1ccc(S(N)(=O)=O)cc1. The number of nitrogens with one attached hydrogen (secondary N) is 1. The molecule has 3 N–H and O–H groups in total. The molecular formula is C18H22N2O2S. The topological polar surface area (TPSA) is 72.2 Å². The van der Waals surface area contributed by atoms with Gasteiger partial charge in [-0.3, -0.25) is 0 Å². The van der Waals surface area contributed by atoms with Crippen LogP contribution in [-0.2, 0) is 16.4 Å². The van der Waals surface area contributed by atoms with Gasteiger partial charge in [0.05, 0.1) is 4.90 Å². The zero-order chi connectivity index (χ0) is 16.4. The van der Waals surface area contributed by atoms with E-state index in [0.29, 0.717) is 6.04 Å². The standard InChI is InChI=1S/C18H22N2O2S/c1-13(14-9-11-16(12-10-14)23(19,21)22)20-18-8-4-6-15-5-2-3-7-17(15)18/h2-3,5,7,9-13,18,20H,4,6,8H2,1H3,(H2,19,21,22)/t13-,18-/m1/s1. The number of hydrogen-bond acceptors (Lipinski definition) is 3. The van der Waals surface area contributed by atoms with E-state index in [1.165, 1.54) is 17.5 Å². The zero-order valence-electron chi connectivity index (χ0n) is 13.2. The first-order valence-electron chi connectivity index (χ1n) is 7.92.